The summed E-state index contributed by atoms with van der Waals surface area (Å²) in [5.74, 6) is -0.855. The number of ether oxygens (including phenoxy) is 1. The fraction of sp³-hybridized carbons (Fsp3) is 0.486. The lowest BCUT2D eigenvalue weighted by Gasteiger charge is -2.37. The minimum atomic E-state index is -3.67. The summed E-state index contributed by atoms with van der Waals surface area (Å²) in [6.07, 6.45) is 6.25. The van der Waals surface area contributed by atoms with Gasteiger partial charge in [0.1, 0.15) is 23.3 Å². The molecule has 48 heavy (non-hydrogen) atoms. The highest BCUT2D eigenvalue weighted by Crippen LogP contribution is 2.42. The number of nitrogens with one attached hydrogen (secondary N) is 1. The normalized spacial score (nSPS) is 19.5. The standard InChI is InChI=1S/C35H46N6O6S/c1-22(38(8)33(44)47-35(5,6)7)31(42)37-29(34(2,3)4)32(43)40-19-17-27-28(40)25(20-41(27)48(9,45)46)26-21-39-18-13-16-24(30(39)36-26)23-14-11-10-12-15-23/h10-16,18,20-22,27-29H,17,19H2,1-9H3,(H,37,42). The number of fused-ring (bicyclic) bond motifs is 2. The molecule has 5 rings (SSSR count). The van der Waals surface area contributed by atoms with E-state index in [9.17, 15) is 22.8 Å². The van der Waals surface area contributed by atoms with Crippen LogP contribution in [0.15, 0.2) is 61.1 Å². The van der Waals surface area contributed by atoms with E-state index in [-0.39, 0.29) is 12.5 Å². The number of pyridine rings is 1. The fourth-order valence-corrected chi connectivity index (χ4v) is 7.29. The molecule has 1 fully saturated rings. The summed E-state index contributed by atoms with van der Waals surface area (Å²) >= 11 is 0. The minimum absolute atomic E-state index is 0.288. The number of hydrogen-bond acceptors (Lipinski definition) is 7. The van der Waals surface area contributed by atoms with Crippen molar-refractivity contribution < 1.29 is 27.5 Å². The molecule has 2 aliphatic rings. The molecule has 4 heterocycles. The maximum Gasteiger partial charge on any atom is 0.410 e. The number of nitrogens with zero attached hydrogens (tertiary/aromatic N) is 5. The molecule has 12 nitrogen and oxygen atoms in total. The van der Waals surface area contributed by atoms with Gasteiger partial charge in [-0.05, 0) is 57.2 Å². The molecule has 2 aromatic heterocycles. The summed E-state index contributed by atoms with van der Waals surface area (Å²) in [7, 11) is -2.20. The number of likely N-dealkylation sites (tertiary alicyclic amines) is 1. The highest BCUT2D eigenvalue weighted by atomic mass is 32.2. The van der Waals surface area contributed by atoms with Gasteiger partial charge in [-0.2, -0.15) is 0 Å². The van der Waals surface area contributed by atoms with Crippen molar-refractivity contribution in [2.45, 2.75) is 84.7 Å². The molecular formula is C35H46N6O6S. The molecule has 1 aromatic carbocycles. The second-order valence-corrected chi connectivity index (χ2v) is 16.6. The van der Waals surface area contributed by atoms with E-state index in [2.05, 4.69) is 5.32 Å². The first-order valence-electron chi connectivity index (χ1n) is 16.1. The molecule has 0 spiro atoms. The third kappa shape index (κ3) is 6.92. The summed E-state index contributed by atoms with van der Waals surface area (Å²) < 4.78 is 34.7. The van der Waals surface area contributed by atoms with Gasteiger partial charge in [-0.3, -0.25) is 18.8 Å². The van der Waals surface area contributed by atoms with Crippen molar-refractivity contribution in [2.24, 2.45) is 5.41 Å². The van der Waals surface area contributed by atoms with Crippen molar-refractivity contribution in [1.82, 2.24) is 28.8 Å². The Hall–Kier alpha value is -4.39. The predicted molar refractivity (Wildman–Crippen MR) is 184 cm³/mol. The quantitative estimate of drug-likeness (QED) is 0.392. The van der Waals surface area contributed by atoms with E-state index < -0.39 is 57.2 Å². The van der Waals surface area contributed by atoms with Crippen LogP contribution in [-0.4, -0.2) is 99.4 Å². The van der Waals surface area contributed by atoms with Crippen molar-refractivity contribution in [3.8, 4) is 11.1 Å². The van der Waals surface area contributed by atoms with Gasteiger partial charge in [0.2, 0.25) is 21.8 Å². The smallest absolute Gasteiger partial charge is 0.410 e. The molecular weight excluding hydrogens is 632 g/mol. The first-order chi connectivity index (χ1) is 22.3. The second kappa shape index (κ2) is 12.6. The van der Waals surface area contributed by atoms with E-state index in [0.29, 0.717) is 23.3 Å². The van der Waals surface area contributed by atoms with Gasteiger partial charge in [0.25, 0.3) is 0 Å². The molecule has 258 valence electrons. The van der Waals surface area contributed by atoms with E-state index in [1.165, 1.54) is 16.3 Å². The number of sulfonamides is 1. The zero-order chi connectivity index (χ0) is 35.3. The Morgan fingerprint density at radius 2 is 1.71 bits per heavy atom. The van der Waals surface area contributed by atoms with Crippen molar-refractivity contribution >= 4 is 39.2 Å². The Kier molecular flexibility index (Phi) is 9.15. The van der Waals surface area contributed by atoms with Gasteiger partial charge in [0.15, 0.2) is 0 Å². The van der Waals surface area contributed by atoms with Crippen LogP contribution in [0.3, 0.4) is 0 Å². The lowest BCUT2D eigenvalue weighted by atomic mass is 9.85. The lowest BCUT2D eigenvalue weighted by Crippen LogP contribution is -2.59. The van der Waals surface area contributed by atoms with E-state index >= 15 is 0 Å². The number of imidazole rings is 1. The number of aromatic nitrogens is 2. The van der Waals surface area contributed by atoms with Crippen LogP contribution in [-0.2, 0) is 24.3 Å². The maximum absolute atomic E-state index is 14.5. The number of hydrogen-bond donors (Lipinski definition) is 1. The van der Waals surface area contributed by atoms with Gasteiger partial charge in [-0.15, -0.1) is 0 Å². The van der Waals surface area contributed by atoms with Crippen molar-refractivity contribution in [1.29, 1.82) is 0 Å². The summed E-state index contributed by atoms with van der Waals surface area (Å²) in [6, 6.07) is 10.7. The first-order valence-corrected chi connectivity index (χ1v) is 17.9. The van der Waals surface area contributed by atoms with Crippen LogP contribution in [0.25, 0.3) is 22.3 Å². The number of carbonyl (C=O) groups is 3. The number of amides is 3. The Labute approximate surface area is 282 Å². The maximum atomic E-state index is 14.5. The molecule has 0 saturated carbocycles. The van der Waals surface area contributed by atoms with Gasteiger partial charge >= 0.3 is 6.09 Å². The zero-order valence-corrected chi connectivity index (χ0v) is 29.9. The van der Waals surface area contributed by atoms with Crippen LogP contribution in [0, 0.1) is 5.41 Å². The molecule has 2 aliphatic heterocycles. The number of carbonyl (C=O) groups excluding carboxylic acids is 3. The molecule has 4 atom stereocenters. The average molecular weight is 679 g/mol. The van der Waals surface area contributed by atoms with Crippen molar-refractivity contribution in [3.05, 3.63) is 66.8 Å². The van der Waals surface area contributed by atoms with Crippen LogP contribution in [0.1, 0.15) is 60.6 Å². The molecule has 1 N–H and O–H groups in total. The average Bonchev–Trinajstić information content (AvgIpc) is 3.71. The molecule has 1 saturated heterocycles. The Morgan fingerprint density at radius 1 is 1.04 bits per heavy atom. The van der Waals surface area contributed by atoms with Gasteiger partial charge in [0.05, 0.1) is 24.0 Å². The molecule has 13 heteroatoms. The van der Waals surface area contributed by atoms with Crippen LogP contribution in [0.4, 0.5) is 4.79 Å². The number of likely N-dealkylation sites (N-methyl/N-ethyl adjacent to an activating group) is 1. The zero-order valence-electron chi connectivity index (χ0n) is 29.1. The molecule has 4 unspecified atom stereocenters. The van der Waals surface area contributed by atoms with Crippen molar-refractivity contribution in [3.63, 3.8) is 0 Å². The highest BCUT2D eigenvalue weighted by Gasteiger charge is 2.51. The Morgan fingerprint density at radius 3 is 2.31 bits per heavy atom. The van der Waals surface area contributed by atoms with Gasteiger partial charge in [0, 0.05) is 43.3 Å². The second-order valence-electron chi connectivity index (χ2n) is 14.7. The Bertz CT molecular complexity index is 1860. The molecule has 0 bridgehead atoms. The highest BCUT2D eigenvalue weighted by molar-refractivity contribution is 7.88. The monoisotopic (exact) mass is 678 g/mol. The molecule has 0 aliphatic carbocycles. The van der Waals surface area contributed by atoms with Gasteiger partial charge in [-0.1, -0.05) is 51.1 Å². The third-order valence-electron chi connectivity index (χ3n) is 8.85. The summed E-state index contributed by atoms with van der Waals surface area (Å²) in [5, 5.41) is 2.90. The number of rotatable bonds is 7. The largest absolute Gasteiger partial charge is 0.444 e. The third-order valence-corrected chi connectivity index (χ3v) is 9.99. The van der Waals surface area contributed by atoms with Crippen LogP contribution >= 0.6 is 0 Å². The van der Waals surface area contributed by atoms with Crippen LogP contribution in [0.5, 0.6) is 0 Å². The minimum Gasteiger partial charge on any atom is -0.444 e. The van der Waals surface area contributed by atoms with Gasteiger partial charge < -0.3 is 19.4 Å². The summed E-state index contributed by atoms with van der Waals surface area (Å²) in [6.45, 7) is 12.7. The lowest BCUT2D eigenvalue weighted by molar-refractivity contribution is -0.140. The van der Waals surface area contributed by atoms with Crippen LogP contribution in [0.2, 0.25) is 0 Å². The van der Waals surface area contributed by atoms with E-state index in [1.54, 1.807) is 38.8 Å². The first kappa shape index (κ1) is 34.9. The van der Waals surface area contributed by atoms with E-state index in [1.807, 2.05) is 80.0 Å². The topological polar surface area (TPSA) is 134 Å². The van der Waals surface area contributed by atoms with E-state index in [0.717, 1.165) is 17.4 Å². The number of benzene rings is 1. The predicted octanol–water partition coefficient (Wildman–Crippen LogP) is 4.37. The van der Waals surface area contributed by atoms with Crippen molar-refractivity contribution in [2.75, 3.05) is 19.8 Å². The summed E-state index contributed by atoms with van der Waals surface area (Å²) in [5.41, 5.74) is 2.31. The van der Waals surface area contributed by atoms with Gasteiger partial charge in [-0.25, -0.2) is 18.2 Å². The molecule has 3 aromatic rings. The molecule has 3 amide bonds. The summed E-state index contributed by atoms with van der Waals surface area (Å²) in [4.78, 5) is 48.6. The molecule has 0 radical (unpaired) electrons. The van der Waals surface area contributed by atoms with Crippen LogP contribution < -0.4 is 5.32 Å². The fourth-order valence-electron chi connectivity index (χ4n) is 6.27. The Balaban J connectivity index is 1.48. The van der Waals surface area contributed by atoms with E-state index in [4.69, 9.17) is 9.72 Å². The SMILES string of the molecule is CC(C(=O)NC(C(=O)N1CCC2C1C(c1cn3cccc(-c4ccccc4)c3n1)=CN2S(C)(=O)=O)C(C)(C)C)N(C)C(=O)OC(C)(C)C.